The first-order valence-corrected chi connectivity index (χ1v) is 7.29. The maximum absolute atomic E-state index is 10.6. The number of hydrogen-bond donors (Lipinski definition) is 2. The summed E-state index contributed by atoms with van der Waals surface area (Å²) in [4.78, 5) is 12.8. The predicted octanol–water partition coefficient (Wildman–Crippen LogP) is 1.87. The molecule has 0 radical (unpaired) electrons. The van der Waals surface area contributed by atoms with Gasteiger partial charge in [-0.2, -0.15) is 0 Å². The second kappa shape index (κ2) is 6.53. The topological polar surface area (TPSA) is 60.8 Å². The average Bonchev–Trinajstić information content (AvgIpc) is 3.03. The van der Waals surface area contributed by atoms with Gasteiger partial charge >= 0.3 is 5.97 Å². The fraction of sp³-hybridized carbons (Fsp3) is 0.929. The molecule has 2 fully saturated rings. The van der Waals surface area contributed by atoms with Gasteiger partial charge in [0.15, 0.2) is 0 Å². The quantitative estimate of drug-likeness (QED) is 0.695. The number of hydrogen-bond acceptors (Lipinski definition) is 3. The molecule has 0 aromatic rings. The van der Waals surface area contributed by atoms with Crippen molar-refractivity contribution in [2.24, 2.45) is 5.92 Å². The summed E-state index contributed by atoms with van der Waals surface area (Å²) in [6.07, 6.45) is 8.27. The molecule has 2 saturated carbocycles. The van der Waals surface area contributed by atoms with Gasteiger partial charge in [0.25, 0.3) is 0 Å². The lowest BCUT2D eigenvalue weighted by molar-refractivity contribution is -0.137. The van der Waals surface area contributed by atoms with Crippen molar-refractivity contribution in [3.8, 4) is 0 Å². The van der Waals surface area contributed by atoms with Gasteiger partial charge in [-0.05, 0) is 25.2 Å². The minimum atomic E-state index is -0.745. The van der Waals surface area contributed by atoms with Gasteiger partial charge in [0.05, 0.1) is 12.5 Å². The molecule has 0 aromatic heterocycles. The third-order valence-electron chi connectivity index (χ3n) is 4.20. The fourth-order valence-electron chi connectivity index (χ4n) is 3.08. The van der Waals surface area contributed by atoms with Crippen LogP contribution in [-0.4, -0.2) is 46.3 Å². The Hall–Kier alpha value is -0.610. The molecule has 1 unspecified atom stereocenters. The number of carboxylic acids is 1. The second-order valence-electron chi connectivity index (χ2n) is 5.91. The average molecular weight is 255 g/mol. The first-order valence-electron chi connectivity index (χ1n) is 7.29. The van der Waals surface area contributed by atoms with Crippen LogP contribution in [0.4, 0.5) is 0 Å². The fourth-order valence-corrected chi connectivity index (χ4v) is 3.08. The number of aliphatic hydroxyl groups excluding tert-OH is 1. The molecule has 0 aliphatic heterocycles. The lowest BCUT2D eigenvalue weighted by Gasteiger charge is -2.25. The third-order valence-corrected chi connectivity index (χ3v) is 4.20. The molecule has 0 aromatic carbocycles. The molecule has 104 valence electrons. The van der Waals surface area contributed by atoms with Crippen molar-refractivity contribution >= 4 is 5.97 Å². The monoisotopic (exact) mass is 255 g/mol. The van der Waals surface area contributed by atoms with Crippen LogP contribution in [0, 0.1) is 5.92 Å². The van der Waals surface area contributed by atoms with Gasteiger partial charge in [0, 0.05) is 19.1 Å². The number of aliphatic carboxylic acids is 1. The molecule has 0 heterocycles. The van der Waals surface area contributed by atoms with Gasteiger partial charge < -0.3 is 10.2 Å². The highest BCUT2D eigenvalue weighted by molar-refractivity contribution is 5.66. The van der Waals surface area contributed by atoms with E-state index in [1.807, 2.05) is 0 Å². The number of carboxylic acid groups (broad SMARTS) is 1. The highest BCUT2D eigenvalue weighted by Crippen LogP contribution is 2.30. The highest BCUT2D eigenvalue weighted by atomic mass is 16.4. The smallest absolute Gasteiger partial charge is 0.304 e. The number of rotatable bonds is 8. The normalized spacial score (nSPS) is 22.6. The summed E-state index contributed by atoms with van der Waals surface area (Å²) in [7, 11) is 0. The highest BCUT2D eigenvalue weighted by Gasteiger charge is 2.31. The third kappa shape index (κ3) is 4.58. The lowest BCUT2D eigenvalue weighted by Crippen LogP contribution is -2.36. The van der Waals surface area contributed by atoms with E-state index in [-0.39, 0.29) is 12.5 Å². The maximum Gasteiger partial charge on any atom is 0.304 e. The molecule has 2 aliphatic carbocycles. The van der Waals surface area contributed by atoms with Crippen LogP contribution in [0.15, 0.2) is 0 Å². The molecule has 0 bridgehead atoms. The van der Waals surface area contributed by atoms with Crippen molar-refractivity contribution in [1.29, 1.82) is 0 Å². The summed E-state index contributed by atoms with van der Waals surface area (Å²) in [6.45, 7) is 1.25. The SMILES string of the molecule is O=C(O)CCN(CC(O)CC1CCCC1)C1CC1. The van der Waals surface area contributed by atoms with E-state index in [0.29, 0.717) is 25.0 Å². The van der Waals surface area contributed by atoms with Gasteiger partial charge in [-0.15, -0.1) is 0 Å². The van der Waals surface area contributed by atoms with Crippen LogP contribution in [-0.2, 0) is 4.79 Å². The first-order chi connectivity index (χ1) is 8.65. The van der Waals surface area contributed by atoms with Crippen molar-refractivity contribution in [3.05, 3.63) is 0 Å². The molecule has 1 atom stereocenters. The molecule has 4 heteroatoms. The van der Waals surface area contributed by atoms with Crippen LogP contribution in [0.3, 0.4) is 0 Å². The summed E-state index contributed by atoms with van der Waals surface area (Å²) in [6, 6.07) is 0.530. The molecule has 0 amide bonds. The van der Waals surface area contributed by atoms with Gasteiger partial charge in [-0.25, -0.2) is 0 Å². The van der Waals surface area contributed by atoms with E-state index in [2.05, 4.69) is 4.90 Å². The minimum Gasteiger partial charge on any atom is -0.481 e. The second-order valence-corrected chi connectivity index (χ2v) is 5.91. The van der Waals surface area contributed by atoms with E-state index in [1.165, 1.54) is 25.7 Å². The van der Waals surface area contributed by atoms with Crippen LogP contribution in [0.25, 0.3) is 0 Å². The standard InChI is InChI=1S/C14H25NO3/c16-13(9-11-3-1-2-4-11)10-15(12-5-6-12)8-7-14(17)18/h11-13,16H,1-10H2,(H,17,18). The molecule has 0 spiro atoms. The molecule has 2 N–H and O–H groups in total. The van der Waals surface area contributed by atoms with E-state index in [0.717, 1.165) is 19.3 Å². The zero-order chi connectivity index (χ0) is 13.0. The van der Waals surface area contributed by atoms with Crippen LogP contribution in [0.2, 0.25) is 0 Å². The van der Waals surface area contributed by atoms with Crippen molar-refractivity contribution in [2.75, 3.05) is 13.1 Å². The Bertz CT molecular complexity index is 272. The first kappa shape index (κ1) is 13.8. The number of aliphatic hydroxyl groups is 1. The molecular formula is C14H25NO3. The van der Waals surface area contributed by atoms with Crippen molar-refractivity contribution in [3.63, 3.8) is 0 Å². The van der Waals surface area contributed by atoms with Gasteiger partial charge in [0.2, 0.25) is 0 Å². The van der Waals surface area contributed by atoms with Crippen LogP contribution >= 0.6 is 0 Å². The number of carbonyl (C=O) groups is 1. The van der Waals surface area contributed by atoms with Crippen molar-refractivity contribution in [2.45, 2.75) is 63.5 Å². The molecule has 4 nitrogen and oxygen atoms in total. The van der Waals surface area contributed by atoms with E-state index in [9.17, 15) is 9.90 Å². The van der Waals surface area contributed by atoms with Crippen molar-refractivity contribution in [1.82, 2.24) is 4.90 Å². The van der Waals surface area contributed by atoms with Crippen molar-refractivity contribution < 1.29 is 15.0 Å². The summed E-state index contributed by atoms with van der Waals surface area (Å²) < 4.78 is 0. The van der Waals surface area contributed by atoms with Crippen LogP contribution in [0.5, 0.6) is 0 Å². The molecule has 2 rings (SSSR count). The Morgan fingerprint density at radius 2 is 1.89 bits per heavy atom. The Labute approximate surface area is 109 Å². The van der Waals surface area contributed by atoms with E-state index in [1.54, 1.807) is 0 Å². The maximum atomic E-state index is 10.6. The Kier molecular flexibility index (Phi) is 5.01. The van der Waals surface area contributed by atoms with Gasteiger partial charge in [0.1, 0.15) is 0 Å². The van der Waals surface area contributed by atoms with E-state index >= 15 is 0 Å². The Balaban J connectivity index is 1.71. The largest absolute Gasteiger partial charge is 0.481 e. The van der Waals surface area contributed by atoms with Crippen LogP contribution < -0.4 is 0 Å². The minimum absolute atomic E-state index is 0.187. The Morgan fingerprint density at radius 3 is 2.44 bits per heavy atom. The summed E-state index contributed by atoms with van der Waals surface area (Å²) in [5, 5.41) is 18.9. The number of nitrogens with zero attached hydrogens (tertiary/aromatic N) is 1. The zero-order valence-corrected chi connectivity index (χ0v) is 11.1. The summed E-state index contributed by atoms with van der Waals surface area (Å²) in [5.74, 6) is -0.0496. The molecule has 0 saturated heterocycles. The molecular weight excluding hydrogens is 230 g/mol. The molecule has 18 heavy (non-hydrogen) atoms. The zero-order valence-electron chi connectivity index (χ0n) is 11.1. The van der Waals surface area contributed by atoms with Gasteiger partial charge in [-0.3, -0.25) is 9.69 Å². The summed E-state index contributed by atoms with van der Waals surface area (Å²) in [5.41, 5.74) is 0. The van der Waals surface area contributed by atoms with E-state index < -0.39 is 5.97 Å². The summed E-state index contributed by atoms with van der Waals surface area (Å²) >= 11 is 0. The van der Waals surface area contributed by atoms with Crippen LogP contribution in [0.1, 0.15) is 51.4 Å². The lowest BCUT2D eigenvalue weighted by atomic mass is 10.00. The van der Waals surface area contributed by atoms with E-state index in [4.69, 9.17) is 5.11 Å². The molecule has 2 aliphatic rings. The van der Waals surface area contributed by atoms with Gasteiger partial charge in [-0.1, -0.05) is 25.7 Å². The Morgan fingerprint density at radius 1 is 1.22 bits per heavy atom. The predicted molar refractivity (Wildman–Crippen MR) is 69.4 cm³/mol.